The summed E-state index contributed by atoms with van der Waals surface area (Å²) in [5.74, 6) is 1.25. The van der Waals surface area contributed by atoms with Gasteiger partial charge in [-0.15, -0.1) is 0 Å². The zero-order valence-corrected chi connectivity index (χ0v) is 19.9. The van der Waals surface area contributed by atoms with Crippen LogP contribution in [0.25, 0.3) is 0 Å². The lowest BCUT2D eigenvalue weighted by Crippen LogP contribution is -2.32. The summed E-state index contributed by atoms with van der Waals surface area (Å²) in [5.41, 5.74) is 1.03. The summed E-state index contributed by atoms with van der Waals surface area (Å²) >= 11 is 0. The molecule has 31 heavy (non-hydrogen) atoms. The number of rotatable bonds is 12. The lowest BCUT2D eigenvalue weighted by molar-refractivity contribution is -0.126. The Bertz CT molecular complexity index is 649. The number of hydrogen-bond acceptors (Lipinski definition) is 3. The number of nitrogens with zero attached hydrogens (tertiary/aromatic N) is 1. The van der Waals surface area contributed by atoms with E-state index in [2.05, 4.69) is 32.7 Å². The normalized spacial score (nSPS) is 21.6. The van der Waals surface area contributed by atoms with Crippen LogP contribution in [0, 0.1) is 17.3 Å². The van der Waals surface area contributed by atoms with Crippen molar-refractivity contribution in [3.8, 4) is 0 Å². The average molecular weight is 431 g/mol. The highest BCUT2D eigenvalue weighted by molar-refractivity contribution is 5.93. The minimum atomic E-state index is 0.0330. The first-order valence-corrected chi connectivity index (χ1v) is 12.1. The predicted molar refractivity (Wildman–Crippen MR) is 125 cm³/mol. The summed E-state index contributed by atoms with van der Waals surface area (Å²) in [6, 6.07) is 0. The quantitative estimate of drug-likeness (QED) is 0.435. The highest BCUT2D eigenvalue weighted by atomic mass is 16.2. The lowest BCUT2D eigenvalue weighted by atomic mass is 9.79. The first-order chi connectivity index (χ1) is 14.7. The number of amides is 2. The van der Waals surface area contributed by atoms with Crippen LogP contribution in [0.15, 0.2) is 24.4 Å². The van der Waals surface area contributed by atoms with Gasteiger partial charge in [0.1, 0.15) is 5.78 Å². The van der Waals surface area contributed by atoms with Gasteiger partial charge in [0.25, 0.3) is 5.91 Å². The van der Waals surface area contributed by atoms with Gasteiger partial charge in [-0.3, -0.25) is 14.4 Å². The second kappa shape index (κ2) is 12.2. The molecule has 5 nitrogen and oxygen atoms in total. The molecule has 0 aromatic carbocycles. The van der Waals surface area contributed by atoms with Crippen LogP contribution in [-0.2, 0) is 14.4 Å². The lowest BCUT2D eigenvalue weighted by Gasteiger charge is -2.31. The first-order valence-electron chi connectivity index (χ1n) is 12.1. The molecule has 2 amide bonds. The van der Waals surface area contributed by atoms with Gasteiger partial charge >= 0.3 is 0 Å². The van der Waals surface area contributed by atoms with Gasteiger partial charge in [0.2, 0.25) is 5.91 Å². The van der Waals surface area contributed by atoms with Crippen LogP contribution in [0.2, 0.25) is 0 Å². The Morgan fingerprint density at radius 1 is 1.03 bits per heavy atom. The first kappa shape index (κ1) is 25.4. The largest absolute Gasteiger partial charge is 0.356 e. The molecule has 0 spiro atoms. The Morgan fingerprint density at radius 2 is 1.68 bits per heavy atom. The molecule has 1 fully saturated rings. The Labute approximate surface area is 188 Å². The Hall–Kier alpha value is -1.91. The molecule has 0 aromatic rings. The van der Waals surface area contributed by atoms with Gasteiger partial charge in [-0.25, -0.2) is 0 Å². The zero-order chi connectivity index (χ0) is 22.9. The van der Waals surface area contributed by atoms with Crippen LogP contribution in [0.4, 0.5) is 0 Å². The van der Waals surface area contributed by atoms with Crippen molar-refractivity contribution in [2.45, 2.75) is 91.4 Å². The third-order valence-electron chi connectivity index (χ3n) is 6.55. The van der Waals surface area contributed by atoms with Crippen molar-refractivity contribution >= 4 is 17.6 Å². The molecule has 1 saturated carbocycles. The molecular weight excluding hydrogens is 388 g/mol. The number of carbonyl (C=O) groups excluding carboxylic acids is 3. The van der Waals surface area contributed by atoms with Crippen molar-refractivity contribution < 1.29 is 14.4 Å². The van der Waals surface area contributed by atoms with Crippen molar-refractivity contribution in [1.29, 1.82) is 0 Å². The van der Waals surface area contributed by atoms with Crippen LogP contribution in [-0.4, -0.2) is 35.6 Å². The molecule has 2 aliphatic rings. The van der Waals surface area contributed by atoms with E-state index in [0.29, 0.717) is 24.5 Å². The third-order valence-corrected chi connectivity index (χ3v) is 6.55. The monoisotopic (exact) mass is 430 g/mol. The standard InChI is InChI=1S/C26H42N2O3/c1-20-11-16-25(31)28(20)19-21-12-14-22(15-13-21)23(29)9-7-5-6-8-10-24(30)27-18-17-26(2,3)4/h11,16,21-22H,1,5-10,12-15,17-19H2,2-4H3,(H,27,30). The number of Topliss-reactive ketones (excluding diaryl/α,β-unsaturated/α-hetero) is 1. The second-order valence-electron chi connectivity index (χ2n) is 10.5. The Morgan fingerprint density at radius 3 is 2.26 bits per heavy atom. The van der Waals surface area contributed by atoms with E-state index in [1.54, 1.807) is 17.1 Å². The van der Waals surface area contributed by atoms with Gasteiger partial charge in [-0.05, 0) is 62.4 Å². The van der Waals surface area contributed by atoms with Gasteiger partial charge in [-0.2, -0.15) is 0 Å². The topological polar surface area (TPSA) is 66.5 Å². The molecule has 0 unspecified atom stereocenters. The smallest absolute Gasteiger partial charge is 0.251 e. The molecule has 1 N–H and O–H groups in total. The molecule has 0 bridgehead atoms. The maximum Gasteiger partial charge on any atom is 0.251 e. The molecule has 1 aliphatic heterocycles. The number of carbonyl (C=O) groups is 3. The van der Waals surface area contributed by atoms with Crippen molar-refractivity contribution in [2.75, 3.05) is 13.1 Å². The van der Waals surface area contributed by atoms with Crippen LogP contribution in [0.5, 0.6) is 0 Å². The van der Waals surface area contributed by atoms with Gasteiger partial charge in [0.05, 0.1) is 0 Å². The SMILES string of the molecule is C=C1C=CC(=O)N1CC1CCC(C(=O)CCCCCCC(=O)NCCC(C)(C)C)CC1. The predicted octanol–water partition coefficient (Wildman–Crippen LogP) is 5.17. The van der Waals surface area contributed by atoms with Crippen molar-refractivity contribution in [1.82, 2.24) is 10.2 Å². The number of allylic oxidation sites excluding steroid dienone is 1. The van der Waals surface area contributed by atoms with E-state index in [1.165, 1.54) is 0 Å². The summed E-state index contributed by atoms with van der Waals surface area (Å²) in [6.45, 7) is 11.9. The summed E-state index contributed by atoms with van der Waals surface area (Å²) in [6.07, 6.45) is 13.4. The zero-order valence-electron chi connectivity index (χ0n) is 19.9. The summed E-state index contributed by atoms with van der Waals surface area (Å²) < 4.78 is 0. The molecule has 1 heterocycles. The van der Waals surface area contributed by atoms with Crippen LogP contribution in [0.3, 0.4) is 0 Å². The van der Waals surface area contributed by atoms with Crippen LogP contribution in [0.1, 0.15) is 91.4 Å². The maximum absolute atomic E-state index is 12.5. The molecule has 2 rings (SSSR count). The van der Waals surface area contributed by atoms with Crippen molar-refractivity contribution in [3.63, 3.8) is 0 Å². The van der Waals surface area contributed by atoms with E-state index in [9.17, 15) is 14.4 Å². The van der Waals surface area contributed by atoms with E-state index >= 15 is 0 Å². The average Bonchev–Trinajstić information content (AvgIpc) is 3.02. The fraction of sp³-hybridized carbons (Fsp3) is 0.731. The highest BCUT2D eigenvalue weighted by Crippen LogP contribution is 2.32. The fourth-order valence-corrected chi connectivity index (χ4v) is 4.43. The Kier molecular flexibility index (Phi) is 9.98. The van der Waals surface area contributed by atoms with Crippen LogP contribution < -0.4 is 5.32 Å². The second-order valence-corrected chi connectivity index (χ2v) is 10.5. The van der Waals surface area contributed by atoms with Gasteiger partial charge in [-0.1, -0.05) is 40.2 Å². The molecule has 0 atom stereocenters. The number of nitrogens with one attached hydrogen (secondary N) is 1. The van der Waals surface area contributed by atoms with E-state index in [0.717, 1.165) is 76.6 Å². The molecule has 1 aliphatic carbocycles. The molecule has 174 valence electrons. The maximum atomic E-state index is 12.5. The van der Waals surface area contributed by atoms with Gasteiger partial charge < -0.3 is 10.2 Å². The number of hydrogen-bond donors (Lipinski definition) is 1. The fourth-order valence-electron chi connectivity index (χ4n) is 4.43. The molecular formula is C26H42N2O3. The van der Waals surface area contributed by atoms with Gasteiger partial charge in [0.15, 0.2) is 0 Å². The molecule has 5 heteroatoms. The third kappa shape index (κ3) is 9.40. The van der Waals surface area contributed by atoms with E-state index in [1.807, 2.05) is 0 Å². The summed E-state index contributed by atoms with van der Waals surface area (Å²) in [7, 11) is 0. The van der Waals surface area contributed by atoms with Crippen molar-refractivity contribution in [2.24, 2.45) is 17.3 Å². The summed E-state index contributed by atoms with van der Waals surface area (Å²) in [4.78, 5) is 38.0. The summed E-state index contributed by atoms with van der Waals surface area (Å²) in [5, 5.41) is 3.00. The molecule has 0 aromatic heterocycles. The highest BCUT2D eigenvalue weighted by Gasteiger charge is 2.29. The number of unbranched alkanes of at least 4 members (excludes halogenated alkanes) is 3. The molecule has 0 saturated heterocycles. The molecule has 0 radical (unpaired) electrons. The van der Waals surface area contributed by atoms with Crippen LogP contribution >= 0.6 is 0 Å². The van der Waals surface area contributed by atoms with Gasteiger partial charge in [0, 0.05) is 43.6 Å². The van der Waals surface area contributed by atoms with Crippen molar-refractivity contribution in [3.05, 3.63) is 24.4 Å². The minimum Gasteiger partial charge on any atom is -0.356 e. The van der Waals surface area contributed by atoms with E-state index in [-0.39, 0.29) is 23.1 Å². The minimum absolute atomic E-state index is 0.0330. The van der Waals surface area contributed by atoms with E-state index in [4.69, 9.17) is 0 Å². The number of ketones is 1. The van der Waals surface area contributed by atoms with E-state index < -0.39 is 0 Å². The Balaban J connectivity index is 1.49.